The van der Waals surface area contributed by atoms with E-state index in [0.717, 1.165) is 77.0 Å². The average molecular weight is 872 g/mol. The molecule has 1 amide bonds. The summed E-state index contributed by atoms with van der Waals surface area (Å²) in [7, 11) is 0. The van der Waals surface area contributed by atoms with Crippen LogP contribution < -0.4 is 5.32 Å². The molecule has 0 aromatic carbocycles. The number of aliphatic hydroxyl groups excluding tert-OH is 2. The summed E-state index contributed by atoms with van der Waals surface area (Å²) in [5, 5.41) is 23.8. The summed E-state index contributed by atoms with van der Waals surface area (Å²) in [5.74, 6) is -0.481. The highest BCUT2D eigenvalue weighted by Crippen LogP contribution is 2.18. The molecule has 0 aromatic heterocycles. The van der Waals surface area contributed by atoms with E-state index in [1.807, 2.05) is 0 Å². The minimum absolute atomic E-state index is 0.0680. The number of amides is 1. The Hall–Kier alpha value is -1.92. The van der Waals surface area contributed by atoms with Crippen LogP contribution in [0, 0.1) is 0 Å². The second-order valence-corrected chi connectivity index (χ2v) is 18.7. The zero-order chi connectivity index (χ0) is 45.2. The largest absolute Gasteiger partial charge is 0.462 e. The molecule has 0 heterocycles. The number of unbranched alkanes of at least 4 members (excludes halogenated alkanes) is 33. The Morgan fingerprint density at radius 2 is 0.871 bits per heavy atom. The van der Waals surface area contributed by atoms with Crippen LogP contribution in [0.5, 0.6) is 0 Å². The molecule has 3 unspecified atom stereocenters. The summed E-state index contributed by atoms with van der Waals surface area (Å²) in [5.41, 5.74) is 0. The van der Waals surface area contributed by atoms with Crippen molar-refractivity contribution in [1.82, 2.24) is 5.32 Å². The van der Waals surface area contributed by atoms with Crippen molar-refractivity contribution in [3.05, 3.63) is 36.5 Å². The van der Waals surface area contributed by atoms with E-state index in [1.165, 1.54) is 161 Å². The molecule has 0 aliphatic rings. The van der Waals surface area contributed by atoms with Crippen molar-refractivity contribution < 1.29 is 24.5 Å². The van der Waals surface area contributed by atoms with Crippen molar-refractivity contribution in [2.75, 3.05) is 6.61 Å². The van der Waals surface area contributed by atoms with Crippen LogP contribution in [0.4, 0.5) is 0 Å². The summed E-state index contributed by atoms with van der Waals surface area (Å²) in [6.45, 7) is 6.37. The van der Waals surface area contributed by atoms with Crippen molar-refractivity contribution in [1.29, 1.82) is 0 Å². The Balaban J connectivity index is 4.52. The summed E-state index contributed by atoms with van der Waals surface area (Å²) < 4.78 is 5.94. The van der Waals surface area contributed by atoms with E-state index in [4.69, 9.17) is 4.74 Å². The fourth-order valence-electron chi connectivity index (χ4n) is 8.43. The fraction of sp³-hybridized carbons (Fsp3) is 0.857. The van der Waals surface area contributed by atoms with E-state index in [2.05, 4.69) is 62.5 Å². The number of esters is 1. The van der Waals surface area contributed by atoms with Crippen LogP contribution >= 0.6 is 0 Å². The van der Waals surface area contributed by atoms with Crippen molar-refractivity contribution in [3.8, 4) is 0 Å². The van der Waals surface area contributed by atoms with Crippen molar-refractivity contribution >= 4 is 11.9 Å². The molecular formula is C56H105NO5. The molecule has 0 spiro atoms. The first kappa shape index (κ1) is 60.1. The molecule has 62 heavy (non-hydrogen) atoms. The maximum absolute atomic E-state index is 13.2. The molecule has 364 valence electrons. The second kappa shape index (κ2) is 50.1. The monoisotopic (exact) mass is 872 g/mol. The highest BCUT2D eigenvalue weighted by Gasteiger charge is 2.24. The topological polar surface area (TPSA) is 95.9 Å². The van der Waals surface area contributed by atoms with Crippen molar-refractivity contribution in [2.24, 2.45) is 0 Å². The number of ether oxygens (including phenoxy) is 1. The lowest BCUT2D eigenvalue weighted by Gasteiger charge is -2.24. The van der Waals surface area contributed by atoms with Gasteiger partial charge < -0.3 is 20.3 Å². The van der Waals surface area contributed by atoms with Gasteiger partial charge in [-0.15, -0.1) is 0 Å². The third-order valence-electron chi connectivity index (χ3n) is 12.5. The van der Waals surface area contributed by atoms with Crippen LogP contribution in [-0.2, 0) is 14.3 Å². The first-order valence-electron chi connectivity index (χ1n) is 27.2. The molecule has 0 fully saturated rings. The van der Waals surface area contributed by atoms with E-state index < -0.39 is 18.2 Å². The molecule has 0 aromatic rings. The van der Waals surface area contributed by atoms with Gasteiger partial charge in [0, 0.05) is 6.42 Å². The summed E-state index contributed by atoms with van der Waals surface area (Å²) in [4.78, 5) is 26.2. The van der Waals surface area contributed by atoms with Crippen LogP contribution in [0.3, 0.4) is 0 Å². The highest BCUT2D eigenvalue weighted by molar-refractivity contribution is 5.77. The van der Waals surface area contributed by atoms with Gasteiger partial charge in [-0.3, -0.25) is 9.59 Å². The number of rotatable bonds is 49. The number of hydrogen-bond acceptors (Lipinski definition) is 5. The van der Waals surface area contributed by atoms with Crippen LogP contribution in [0.15, 0.2) is 36.5 Å². The number of allylic oxidation sites excluding steroid dienone is 6. The van der Waals surface area contributed by atoms with Gasteiger partial charge in [0.05, 0.1) is 25.2 Å². The molecule has 6 nitrogen and oxygen atoms in total. The maximum atomic E-state index is 13.2. The predicted molar refractivity (Wildman–Crippen MR) is 269 cm³/mol. The lowest BCUT2D eigenvalue weighted by Crippen LogP contribution is -2.46. The maximum Gasteiger partial charge on any atom is 0.306 e. The molecule has 0 aliphatic heterocycles. The standard InChI is InChI=1S/C56H105NO5/c1-4-7-10-13-16-19-22-25-27-28-30-33-36-39-42-45-48-54(59)53(51-58)57-55(60)50-52(47-44-41-38-35-32-29-24-21-18-15-12-9-6-3)62-56(61)49-46-43-40-37-34-31-26-23-20-17-14-11-8-5-2/h9,12,15,18,21,24,52-54,58-59H,4-8,10-11,13-14,16-17,19-20,22-23,25-51H2,1-3H3,(H,57,60)/b12-9+,18-15+,24-21+. The number of carbonyl (C=O) groups excluding carboxylic acids is 2. The van der Waals surface area contributed by atoms with Gasteiger partial charge in [-0.25, -0.2) is 0 Å². The third kappa shape index (κ3) is 44.7. The Bertz CT molecular complexity index is 1020. The van der Waals surface area contributed by atoms with Gasteiger partial charge in [0.2, 0.25) is 5.91 Å². The van der Waals surface area contributed by atoms with Gasteiger partial charge >= 0.3 is 5.97 Å². The predicted octanol–water partition coefficient (Wildman–Crippen LogP) is 16.5. The average Bonchev–Trinajstić information content (AvgIpc) is 3.26. The molecule has 0 aliphatic carbocycles. The number of hydrogen-bond donors (Lipinski definition) is 3. The van der Waals surface area contributed by atoms with Gasteiger partial charge in [-0.1, -0.05) is 263 Å². The van der Waals surface area contributed by atoms with Gasteiger partial charge in [0.15, 0.2) is 0 Å². The van der Waals surface area contributed by atoms with Crippen LogP contribution in [-0.4, -0.2) is 46.9 Å². The van der Waals surface area contributed by atoms with E-state index in [9.17, 15) is 19.8 Å². The molecule has 0 rings (SSSR count). The SMILES string of the molecule is CC/C=C/C=C/C=C/CCCCCCCC(CC(=O)NC(CO)C(O)CCCCCCCCCCCCCCCCCC)OC(=O)CCCCCCCCCCCCCCCC. The lowest BCUT2D eigenvalue weighted by molar-refractivity contribution is -0.151. The zero-order valence-corrected chi connectivity index (χ0v) is 41.5. The highest BCUT2D eigenvalue weighted by atomic mass is 16.5. The van der Waals surface area contributed by atoms with Crippen molar-refractivity contribution in [3.63, 3.8) is 0 Å². The van der Waals surface area contributed by atoms with Crippen molar-refractivity contribution in [2.45, 2.75) is 302 Å². The van der Waals surface area contributed by atoms with Crippen LogP contribution in [0.25, 0.3) is 0 Å². The molecule has 0 radical (unpaired) electrons. The summed E-state index contributed by atoms with van der Waals surface area (Å²) >= 11 is 0. The molecule has 6 heteroatoms. The molecular weight excluding hydrogens is 767 g/mol. The quantitative estimate of drug-likeness (QED) is 0.0321. The Morgan fingerprint density at radius 1 is 0.484 bits per heavy atom. The van der Waals surface area contributed by atoms with E-state index >= 15 is 0 Å². The van der Waals surface area contributed by atoms with E-state index in [1.54, 1.807) is 0 Å². The molecule has 3 atom stereocenters. The van der Waals surface area contributed by atoms with E-state index in [0.29, 0.717) is 19.3 Å². The van der Waals surface area contributed by atoms with Gasteiger partial charge in [0.25, 0.3) is 0 Å². The minimum atomic E-state index is -0.791. The summed E-state index contributed by atoms with van der Waals surface area (Å²) in [6.07, 6.45) is 59.2. The van der Waals surface area contributed by atoms with E-state index in [-0.39, 0.29) is 24.9 Å². The van der Waals surface area contributed by atoms with Crippen LogP contribution in [0.1, 0.15) is 284 Å². The lowest BCUT2D eigenvalue weighted by atomic mass is 10.0. The number of nitrogens with one attached hydrogen (secondary N) is 1. The Morgan fingerprint density at radius 3 is 1.31 bits per heavy atom. The second-order valence-electron chi connectivity index (χ2n) is 18.7. The number of aliphatic hydroxyl groups is 2. The zero-order valence-electron chi connectivity index (χ0n) is 41.5. The first-order chi connectivity index (χ1) is 30.5. The molecule has 0 saturated carbocycles. The molecule has 3 N–H and O–H groups in total. The molecule has 0 saturated heterocycles. The Kier molecular flexibility index (Phi) is 48.5. The van der Waals surface area contributed by atoms with Gasteiger partial charge in [-0.2, -0.15) is 0 Å². The Labute approximate surface area is 385 Å². The van der Waals surface area contributed by atoms with Gasteiger partial charge in [-0.05, 0) is 44.9 Å². The van der Waals surface area contributed by atoms with Gasteiger partial charge in [0.1, 0.15) is 6.10 Å². The van der Waals surface area contributed by atoms with Crippen LogP contribution in [0.2, 0.25) is 0 Å². The minimum Gasteiger partial charge on any atom is -0.462 e. The number of carbonyl (C=O) groups is 2. The third-order valence-corrected chi connectivity index (χ3v) is 12.5. The summed E-state index contributed by atoms with van der Waals surface area (Å²) in [6, 6.07) is -0.705. The molecule has 0 bridgehead atoms. The fourth-order valence-corrected chi connectivity index (χ4v) is 8.43. The normalized spacial score (nSPS) is 13.4. The smallest absolute Gasteiger partial charge is 0.306 e. The first-order valence-corrected chi connectivity index (χ1v) is 27.2.